The molecule has 0 fully saturated rings. The fourth-order valence-corrected chi connectivity index (χ4v) is 14.1. The van der Waals surface area contributed by atoms with Crippen LogP contribution in [0.2, 0.25) is 0 Å². The summed E-state index contributed by atoms with van der Waals surface area (Å²) in [6, 6.07) is 72.6. The van der Waals surface area contributed by atoms with E-state index in [1.54, 1.807) is 57.1 Å². The first-order valence-corrected chi connectivity index (χ1v) is 34.3. The molecule has 6 heterocycles. The third-order valence-electron chi connectivity index (χ3n) is 18.5. The summed E-state index contributed by atoms with van der Waals surface area (Å²) in [6.45, 7) is 0.171. The van der Waals surface area contributed by atoms with E-state index in [-0.39, 0.29) is 45.9 Å². The molecular weight excluding hydrogens is 1400 g/mol. The molecule has 11 N–H and O–H groups in total. The third kappa shape index (κ3) is 13.5. The summed E-state index contributed by atoms with van der Waals surface area (Å²) in [4.78, 5) is 23.1. The Morgan fingerprint density at radius 1 is 0.426 bits per heavy atom. The van der Waals surface area contributed by atoms with Gasteiger partial charge in [0.15, 0.2) is 23.3 Å². The number of carboxylic acid groups (broad SMARTS) is 2. The number of H-pyrrole nitrogens is 3. The van der Waals surface area contributed by atoms with Gasteiger partial charge in [-0.25, -0.2) is 35.9 Å². The van der Waals surface area contributed by atoms with Gasteiger partial charge in [-0.3, -0.25) is 24.7 Å². The van der Waals surface area contributed by atoms with Crippen molar-refractivity contribution in [2.24, 2.45) is 19.8 Å². The van der Waals surface area contributed by atoms with Gasteiger partial charge >= 0.3 is 11.9 Å². The normalized spacial score (nSPS) is 11.3. The van der Waals surface area contributed by atoms with Crippen molar-refractivity contribution in [1.29, 1.82) is 0 Å². The van der Waals surface area contributed by atoms with E-state index in [1.807, 2.05) is 141 Å². The van der Waals surface area contributed by atoms with E-state index >= 15 is 0 Å². The minimum Gasteiger partial charge on any atom is -0.478 e. The van der Waals surface area contributed by atoms with Gasteiger partial charge in [0.25, 0.3) is 0 Å². The molecule has 0 saturated carbocycles. The quantitative estimate of drug-likeness (QED) is 0.0521. The van der Waals surface area contributed by atoms with Gasteiger partial charge in [0.2, 0.25) is 0 Å². The maximum atomic E-state index is 14.5. The van der Waals surface area contributed by atoms with Crippen molar-refractivity contribution in [2.75, 3.05) is 11.5 Å². The number of halogens is 6. The van der Waals surface area contributed by atoms with Crippen LogP contribution in [0.5, 0.6) is 0 Å². The Balaban J connectivity index is 0.000000108. The second-order valence-corrected chi connectivity index (χ2v) is 26.4. The molecular formula is C84H59F6N13O4S. The molecule has 532 valence electrons. The highest BCUT2D eigenvalue weighted by molar-refractivity contribution is 7.22. The van der Waals surface area contributed by atoms with Gasteiger partial charge < -0.3 is 27.4 Å². The molecule has 0 bridgehead atoms. The number of benzene rings is 13. The van der Waals surface area contributed by atoms with E-state index in [2.05, 4.69) is 71.1 Å². The van der Waals surface area contributed by atoms with E-state index in [4.69, 9.17) is 27.4 Å². The molecule has 0 unspecified atom stereocenters. The lowest BCUT2D eigenvalue weighted by atomic mass is 10.0. The molecule has 0 atom stereocenters. The largest absolute Gasteiger partial charge is 0.478 e. The number of aromatic amines is 3. The molecule has 6 aromatic heterocycles. The van der Waals surface area contributed by atoms with Crippen LogP contribution in [-0.2, 0) is 20.6 Å². The number of nitrogens with two attached hydrogens (primary N) is 3. The van der Waals surface area contributed by atoms with Crippen molar-refractivity contribution in [3.8, 4) is 55.6 Å². The van der Waals surface area contributed by atoms with Crippen molar-refractivity contribution in [1.82, 2.24) is 50.2 Å². The number of hydrogen-bond acceptors (Lipinski definition) is 11. The first kappa shape index (κ1) is 69.7. The molecule has 13 aromatic carbocycles. The molecule has 108 heavy (non-hydrogen) atoms. The maximum absolute atomic E-state index is 14.5. The van der Waals surface area contributed by atoms with Crippen LogP contribution < -0.4 is 17.2 Å². The Kier molecular flexibility index (Phi) is 18.7. The van der Waals surface area contributed by atoms with Crippen molar-refractivity contribution < 1.29 is 46.1 Å². The number of aryl methyl sites for hydroxylation is 2. The van der Waals surface area contributed by atoms with Crippen molar-refractivity contribution >= 4 is 132 Å². The van der Waals surface area contributed by atoms with Crippen LogP contribution in [-0.4, -0.2) is 72.3 Å². The molecule has 19 rings (SSSR count). The molecule has 0 aliphatic carbocycles. The number of aromatic carboxylic acids is 2. The predicted molar refractivity (Wildman–Crippen MR) is 415 cm³/mol. The minimum atomic E-state index is -1.24. The highest BCUT2D eigenvalue weighted by atomic mass is 32.1. The van der Waals surface area contributed by atoms with Gasteiger partial charge in [-0.1, -0.05) is 140 Å². The summed E-state index contributed by atoms with van der Waals surface area (Å²) in [5.74, 6) is -5.35. The Hall–Kier alpha value is -14.0. The first-order chi connectivity index (χ1) is 52.2. The number of thiophene rings is 1. The molecule has 0 amide bonds. The van der Waals surface area contributed by atoms with E-state index < -0.39 is 41.0 Å². The van der Waals surface area contributed by atoms with Crippen molar-refractivity contribution in [3.05, 3.63) is 294 Å². The van der Waals surface area contributed by atoms with E-state index in [1.165, 1.54) is 41.8 Å². The monoisotopic (exact) mass is 1460 g/mol. The summed E-state index contributed by atoms with van der Waals surface area (Å²) < 4.78 is 88.4. The van der Waals surface area contributed by atoms with Gasteiger partial charge in [0.05, 0.1) is 71.8 Å². The van der Waals surface area contributed by atoms with Crippen molar-refractivity contribution in [3.63, 3.8) is 0 Å². The third-order valence-corrected chi connectivity index (χ3v) is 19.6. The Morgan fingerprint density at radius 3 is 1.40 bits per heavy atom. The van der Waals surface area contributed by atoms with Crippen LogP contribution in [0, 0.1) is 34.9 Å². The summed E-state index contributed by atoms with van der Waals surface area (Å²) >= 11 is 1.61. The number of carboxylic acids is 2. The van der Waals surface area contributed by atoms with Crippen LogP contribution in [0.25, 0.3) is 153 Å². The lowest BCUT2D eigenvalue weighted by molar-refractivity contribution is 0.0686. The number of carbonyl (C=O) groups is 2. The number of nitrogen functional groups attached to an aromatic ring is 2. The Labute approximate surface area is 612 Å². The second-order valence-electron chi connectivity index (χ2n) is 25.3. The fraction of sp³-hybridized carbons (Fsp3) is 0.0357. The highest BCUT2D eigenvalue weighted by Crippen LogP contribution is 2.40. The lowest BCUT2D eigenvalue weighted by Gasteiger charge is -2.03. The Morgan fingerprint density at radius 2 is 0.889 bits per heavy atom. The topological polar surface area (TPSA) is 274 Å². The zero-order valence-corrected chi connectivity index (χ0v) is 57.9. The second kappa shape index (κ2) is 28.9. The molecule has 19 aromatic rings. The zero-order valence-electron chi connectivity index (χ0n) is 57.1. The van der Waals surface area contributed by atoms with Gasteiger partial charge in [0.1, 0.15) is 34.1 Å². The van der Waals surface area contributed by atoms with Crippen molar-refractivity contribution in [2.45, 2.75) is 6.54 Å². The van der Waals surface area contributed by atoms with E-state index in [0.29, 0.717) is 61.0 Å². The van der Waals surface area contributed by atoms with Gasteiger partial charge in [-0.2, -0.15) is 25.5 Å². The molecule has 17 nitrogen and oxygen atoms in total. The van der Waals surface area contributed by atoms with Crippen LogP contribution in [0.1, 0.15) is 26.3 Å². The van der Waals surface area contributed by atoms with Gasteiger partial charge in [-0.05, 0) is 141 Å². The van der Waals surface area contributed by atoms with Crippen LogP contribution in [0.3, 0.4) is 0 Å². The summed E-state index contributed by atoms with van der Waals surface area (Å²) in [7, 11) is 3.62. The lowest BCUT2D eigenvalue weighted by Crippen LogP contribution is -1.99. The molecule has 0 aliphatic heterocycles. The summed E-state index contributed by atoms with van der Waals surface area (Å²) in [6.07, 6.45) is 0. The highest BCUT2D eigenvalue weighted by Gasteiger charge is 2.22. The SMILES string of the molecule is Cn1nc(-c2cc3ccccc3s2)c2c(F)c(N)ccc21.Cn1nc(-c2ccc3ccccc3c2)c2c(F)c(N)ccc21.NCc1cc2c(-c3ccc4ccccc4c3)n[nH]c2cc1F.O=C(O)c1cc(F)c2n[nH]c(-c3ccc4ccccc4c3)c2c1.O=C(O)c1cc(F)c2n[nH]c(-c3cccc(F)c3)c2c1. The number of nitrogens with zero attached hydrogens (tertiary/aromatic N) is 7. The average Bonchev–Trinajstić information content (AvgIpc) is 1.14. The number of anilines is 2. The fourth-order valence-electron chi connectivity index (χ4n) is 13.1. The number of aromatic nitrogens is 10. The van der Waals surface area contributed by atoms with E-state index in [0.717, 1.165) is 92.8 Å². The maximum Gasteiger partial charge on any atom is 0.335 e. The van der Waals surface area contributed by atoms with Gasteiger partial charge in [-0.15, -0.1) is 11.3 Å². The molecule has 24 heteroatoms. The summed E-state index contributed by atoms with van der Waals surface area (Å²) in [5.41, 5.74) is 26.1. The molecule has 0 saturated heterocycles. The zero-order chi connectivity index (χ0) is 75.2. The smallest absolute Gasteiger partial charge is 0.335 e. The average molecular weight is 1460 g/mol. The minimum absolute atomic E-state index is 0.0225. The molecule has 0 radical (unpaired) electrons. The number of hydrogen-bond donors (Lipinski definition) is 8. The van der Waals surface area contributed by atoms with E-state index in [9.17, 15) is 35.9 Å². The first-order valence-electron chi connectivity index (χ1n) is 33.5. The van der Waals surface area contributed by atoms with Crippen LogP contribution >= 0.6 is 11.3 Å². The van der Waals surface area contributed by atoms with Crippen LogP contribution in [0.15, 0.2) is 243 Å². The van der Waals surface area contributed by atoms with Gasteiger partial charge in [0, 0.05) is 69.3 Å². The number of rotatable bonds is 8. The summed E-state index contributed by atoms with van der Waals surface area (Å²) in [5, 5.41) is 58.0. The number of fused-ring (bicyclic) bond motifs is 9. The predicted octanol–water partition coefficient (Wildman–Crippen LogP) is 19.7. The standard InChI is InChI=1S/2C18H14FN3.C18H11FN2O2.C16H12FN3S.C14H8F2N2O2/c1-22-15-9-8-14(20)17(19)16(15)18(21-22)13-7-6-11-4-2-3-5-12(11)10-13;19-16-9-17-15(8-14(16)10-20)18(22-21-17)13-6-5-11-3-1-2-4-12(11)7-13;19-15-9-13(18(22)23)8-14-16(20-21-17(14)15)12-6-5-10-3-1-2-4-11(10)7-12;1-20-11-7-6-10(18)15(17)14(11)16(19-20)13-8-9-4-2-3-5-12(9)21-13;15-9-3-1-2-7(4-9)12-10-5-8(14(19)20)6-11(16)13(10)18-17-12/h2-10H,20H2,1H3;1-9H,10,20H2,(H,21,22);1-9H,(H,20,21)(H,22,23);2-8H,18H2,1H3;1-6H,(H,17,18)(H,19,20). The number of nitrogens with one attached hydrogen (secondary N) is 3. The Bertz CT molecular complexity index is 6730. The molecule has 0 aliphatic rings. The molecule has 0 spiro atoms. The van der Waals surface area contributed by atoms with Crippen LogP contribution in [0.4, 0.5) is 37.7 Å².